The number of rotatable bonds is 7. The Morgan fingerprint density at radius 2 is 1.96 bits per heavy atom. The number of nitrogens with zero attached hydrogens (tertiary/aromatic N) is 4. The number of benzene rings is 1. The first-order valence-corrected chi connectivity index (χ1v) is 8.34. The van der Waals surface area contributed by atoms with Crippen LogP contribution in [0.15, 0.2) is 48.8 Å². The van der Waals surface area contributed by atoms with Crippen molar-refractivity contribution in [1.29, 1.82) is 0 Å². The molecule has 1 atom stereocenters. The summed E-state index contributed by atoms with van der Waals surface area (Å²) in [6.07, 6.45) is 3.22. The molecule has 10 heteroatoms. The second-order valence-corrected chi connectivity index (χ2v) is 5.97. The molecule has 2 heterocycles. The van der Waals surface area contributed by atoms with E-state index in [1.54, 1.807) is 37.5 Å². The maximum absolute atomic E-state index is 13.4. The molecule has 3 aromatic rings. The van der Waals surface area contributed by atoms with Crippen molar-refractivity contribution in [1.82, 2.24) is 15.0 Å². The predicted molar refractivity (Wildman–Crippen MR) is 102 cm³/mol. The molecule has 0 saturated carbocycles. The van der Waals surface area contributed by atoms with Crippen molar-refractivity contribution in [3.8, 4) is 11.3 Å². The zero-order valence-electron chi connectivity index (χ0n) is 14.8. The van der Waals surface area contributed by atoms with E-state index in [4.69, 9.17) is 0 Å². The summed E-state index contributed by atoms with van der Waals surface area (Å²) >= 11 is 0. The molecular formula is C18H17FN6O3. The highest BCUT2D eigenvalue weighted by molar-refractivity contribution is 5.71. The second kappa shape index (κ2) is 8.35. The van der Waals surface area contributed by atoms with E-state index < -0.39 is 16.4 Å². The Morgan fingerprint density at radius 3 is 2.64 bits per heavy atom. The highest BCUT2D eigenvalue weighted by Crippen LogP contribution is 2.29. The molecule has 9 nitrogen and oxygen atoms in total. The number of aliphatic hydroxyl groups is 1. The lowest BCUT2D eigenvalue weighted by Crippen LogP contribution is -2.21. The molecule has 0 radical (unpaired) electrons. The fourth-order valence-corrected chi connectivity index (χ4v) is 2.41. The van der Waals surface area contributed by atoms with Gasteiger partial charge < -0.3 is 15.7 Å². The Hall–Kier alpha value is -3.66. The van der Waals surface area contributed by atoms with E-state index in [2.05, 4.69) is 25.6 Å². The van der Waals surface area contributed by atoms with E-state index in [1.807, 2.05) is 0 Å². The summed E-state index contributed by atoms with van der Waals surface area (Å²) in [6, 6.07) is 8.04. The van der Waals surface area contributed by atoms with Gasteiger partial charge >= 0.3 is 0 Å². The molecule has 0 amide bonds. The van der Waals surface area contributed by atoms with Gasteiger partial charge in [0.05, 0.1) is 23.3 Å². The molecule has 144 valence electrons. The zero-order valence-corrected chi connectivity index (χ0v) is 14.8. The molecule has 0 aliphatic heterocycles. The van der Waals surface area contributed by atoms with Gasteiger partial charge in [-0.05, 0) is 31.2 Å². The minimum atomic E-state index is -0.712. The van der Waals surface area contributed by atoms with E-state index in [1.165, 1.54) is 6.07 Å². The lowest BCUT2D eigenvalue weighted by molar-refractivity contribution is -0.384. The average Bonchev–Trinajstić information content (AvgIpc) is 2.69. The minimum Gasteiger partial charge on any atom is -0.394 e. The van der Waals surface area contributed by atoms with Crippen LogP contribution in [0.2, 0.25) is 0 Å². The van der Waals surface area contributed by atoms with Gasteiger partial charge in [0.2, 0.25) is 5.95 Å². The molecule has 1 aromatic carbocycles. The van der Waals surface area contributed by atoms with Crippen molar-refractivity contribution in [2.75, 3.05) is 17.2 Å². The number of nitro groups is 1. The zero-order chi connectivity index (χ0) is 20.1. The summed E-state index contributed by atoms with van der Waals surface area (Å²) in [5.41, 5.74) is 0.973. The molecule has 28 heavy (non-hydrogen) atoms. The van der Waals surface area contributed by atoms with E-state index >= 15 is 0 Å². The largest absolute Gasteiger partial charge is 0.394 e. The summed E-state index contributed by atoms with van der Waals surface area (Å²) in [5, 5.41) is 26.3. The van der Waals surface area contributed by atoms with Crippen LogP contribution in [-0.2, 0) is 0 Å². The highest BCUT2D eigenvalue weighted by Gasteiger charge is 2.17. The van der Waals surface area contributed by atoms with Gasteiger partial charge in [-0.3, -0.25) is 15.1 Å². The normalized spacial score (nSPS) is 11.7. The van der Waals surface area contributed by atoms with Gasteiger partial charge in [-0.15, -0.1) is 0 Å². The fourth-order valence-electron chi connectivity index (χ4n) is 2.41. The first-order chi connectivity index (χ1) is 13.5. The van der Waals surface area contributed by atoms with Crippen LogP contribution in [0.4, 0.5) is 27.5 Å². The highest BCUT2D eigenvalue weighted by atomic mass is 19.1. The first kappa shape index (κ1) is 19.1. The van der Waals surface area contributed by atoms with E-state index in [0.717, 1.165) is 17.7 Å². The average molecular weight is 384 g/mol. The first-order valence-electron chi connectivity index (χ1n) is 8.34. The van der Waals surface area contributed by atoms with Crippen LogP contribution in [0.5, 0.6) is 0 Å². The van der Waals surface area contributed by atoms with Gasteiger partial charge in [-0.25, -0.2) is 9.37 Å². The summed E-state index contributed by atoms with van der Waals surface area (Å²) in [7, 11) is 0. The Kier molecular flexibility index (Phi) is 5.70. The third-order valence-electron chi connectivity index (χ3n) is 3.77. The molecule has 0 bridgehead atoms. The van der Waals surface area contributed by atoms with Crippen LogP contribution in [0.25, 0.3) is 11.3 Å². The summed E-state index contributed by atoms with van der Waals surface area (Å²) in [6.45, 7) is 1.62. The number of aromatic nitrogens is 3. The number of nitro benzene ring substituents is 1. The van der Waals surface area contributed by atoms with Gasteiger partial charge in [0, 0.05) is 30.1 Å². The number of nitrogens with one attached hydrogen (secondary N) is 2. The van der Waals surface area contributed by atoms with E-state index in [-0.39, 0.29) is 30.1 Å². The minimum absolute atomic E-state index is 0.0898. The van der Waals surface area contributed by atoms with Crippen LogP contribution in [-0.4, -0.2) is 37.6 Å². The van der Waals surface area contributed by atoms with Crippen LogP contribution < -0.4 is 10.6 Å². The molecule has 0 fully saturated rings. The van der Waals surface area contributed by atoms with Crippen molar-refractivity contribution in [2.45, 2.75) is 13.0 Å². The molecule has 3 N–H and O–H groups in total. The Bertz CT molecular complexity index is 986. The van der Waals surface area contributed by atoms with Crippen molar-refractivity contribution in [3.63, 3.8) is 0 Å². The lowest BCUT2D eigenvalue weighted by atomic mass is 10.2. The van der Waals surface area contributed by atoms with Crippen LogP contribution in [0, 0.1) is 15.9 Å². The lowest BCUT2D eigenvalue weighted by Gasteiger charge is -2.14. The number of hydrogen-bond donors (Lipinski definition) is 3. The SMILES string of the molecule is C[C@H](CO)Nc1nc(Nc2ccc(F)cc2[N+](=O)[O-])cc(-c2ccncc2)n1. The Morgan fingerprint density at radius 1 is 1.21 bits per heavy atom. The van der Waals surface area contributed by atoms with E-state index in [9.17, 15) is 19.6 Å². The van der Waals surface area contributed by atoms with Gasteiger partial charge in [0.15, 0.2) is 0 Å². The predicted octanol–water partition coefficient (Wildman–Crippen LogP) is 3.12. The summed E-state index contributed by atoms with van der Waals surface area (Å²) in [4.78, 5) is 23.2. The van der Waals surface area contributed by atoms with Crippen molar-refractivity contribution in [3.05, 3.63) is 64.7 Å². The second-order valence-electron chi connectivity index (χ2n) is 5.97. The molecule has 0 aliphatic rings. The third-order valence-corrected chi connectivity index (χ3v) is 3.77. The van der Waals surface area contributed by atoms with Gasteiger partial charge in [-0.2, -0.15) is 4.98 Å². The number of anilines is 3. The summed E-state index contributed by atoms with van der Waals surface area (Å²) in [5.74, 6) is -0.219. The molecule has 0 aliphatic carbocycles. The summed E-state index contributed by atoms with van der Waals surface area (Å²) < 4.78 is 13.4. The van der Waals surface area contributed by atoms with E-state index in [0.29, 0.717) is 5.69 Å². The number of aliphatic hydroxyl groups excluding tert-OH is 1. The number of hydrogen-bond acceptors (Lipinski definition) is 8. The van der Waals surface area contributed by atoms with Crippen molar-refractivity contribution >= 4 is 23.1 Å². The van der Waals surface area contributed by atoms with Crippen LogP contribution in [0.1, 0.15) is 6.92 Å². The maximum Gasteiger partial charge on any atom is 0.295 e. The van der Waals surface area contributed by atoms with Gasteiger partial charge in [-0.1, -0.05) is 0 Å². The van der Waals surface area contributed by atoms with Crippen molar-refractivity contribution in [2.24, 2.45) is 0 Å². The Labute approximate surface area is 159 Å². The monoisotopic (exact) mass is 384 g/mol. The van der Waals surface area contributed by atoms with Crippen LogP contribution in [0.3, 0.4) is 0 Å². The number of pyridine rings is 1. The molecular weight excluding hydrogens is 367 g/mol. The van der Waals surface area contributed by atoms with Gasteiger partial charge in [0.1, 0.15) is 17.3 Å². The molecule has 2 aromatic heterocycles. The molecule has 0 saturated heterocycles. The topological polar surface area (TPSA) is 126 Å². The van der Waals surface area contributed by atoms with Gasteiger partial charge in [0.25, 0.3) is 5.69 Å². The van der Waals surface area contributed by atoms with Crippen molar-refractivity contribution < 1.29 is 14.4 Å². The third kappa shape index (κ3) is 4.54. The molecule has 3 rings (SSSR count). The maximum atomic E-state index is 13.4. The fraction of sp³-hybridized carbons (Fsp3) is 0.167. The van der Waals surface area contributed by atoms with Crippen LogP contribution >= 0.6 is 0 Å². The standard InChI is InChI=1S/C18H17FN6O3/c1-11(10-26)21-18-23-15(12-4-6-20-7-5-12)9-17(24-18)22-14-3-2-13(19)8-16(14)25(27)28/h2-9,11,26H,10H2,1H3,(H2,21,22,23,24)/t11-/m1/s1. The quantitative estimate of drug-likeness (QED) is 0.419. The Balaban J connectivity index is 2.03. The molecule has 0 unspecified atom stereocenters. The number of halogens is 1. The smallest absolute Gasteiger partial charge is 0.295 e. The molecule has 0 spiro atoms.